The molecule has 26 heavy (non-hydrogen) atoms. The van der Waals surface area contributed by atoms with Gasteiger partial charge in [0, 0.05) is 10.8 Å². The van der Waals surface area contributed by atoms with Gasteiger partial charge in [0.2, 0.25) is 0 Å². The van der Waals surface area contributed by atoms with E-state index in [-0.39, 0.29) is 0 Å². The summed E-state index contributed by atoms with van der Waals surface area (Å²) in [5, 5.41) is 9.80. The monoisotopic (exact) mass is 389 g/mol. The molecule has 1 heterocycles. The molecule has 3 aromatic rings. The van der Waals surface area contributed by atoms with E-state index >= 15 is 0 Å². The molecule has 5 nitrogen and oxygen atoms in total. The van der Waals surface area contributed by atoms with Crippen LogP contribution < -0.4 is 9.47 Å². The third-order valence-corrected chi connectivity index (χ3v) is 5.23. The van der Waals surface area contributed by atoms with Crippen LogP contribution in [0.25, 0.3) is 5.69 Å². The number of nitrogens with zero attached hydrogens (tertiary/aromatic N) is 3. The van der Waals surface area contributed by atoms with Crippen LogP contribution in [-0.2, 0) is 0 Å². The zero-order valence-corrected chi connectivity index (χ0v) is 16.3. The minimum absolute atomic E-state index is 0.643. The van der Waals surface area contributed by atoms with Crippen LogP contribution in [0.3, 0.4) is 0 Å². The van der Waals surface area contributed by atoms with Gasteiger partial charge in [-0.2, -0.15) is 0 Å². The summed E-state index contributed by atoms with van der Waals surface area (Å²) in [5.41, 5.74) is 2.01. The summed E-state index contributed by atoms with van der Waals surface area (Å²) in [7, 11) is 1.65. The Balaban J connectivity index is 1.49. The first-order valence-corrected chi connectivity index (χ1v) is 9.60. The molecule has 0 aliphatic rings. The summed E-state index contributed by atoms with van der Waals surface area (Å²) in [6.07, 6.45) is 2.61. The van der Waals surface area contributed by atoms with Gasteiger partial charge in [-0.1, -0.05) is 29.4 Å². The van der Waals surface area contributed by atoms with Crippen molar-refractivity contribution in [1.82, 2.24) is 14.8 Å². The van der Waals surface area contributed by atoms with Gasteiger partial charge in [-0.05, 0) is 55.3 Å². The first-order chi connectivity index (χ1) is 12.7. The second kappa shape index (κ2) is 8.96. The Morgan fingerprint density at radius 1 is 1.12 bits per heavy atom. The van der Waals surface area contributed by atoms with Crippen LogP contribution in [0.1, 0.15) is 12.0 Å². The molecule has 0 amide bonds. The van der Waals surface area contributed by atoms with Crippen molar-refractivity contribution in [1.29, 1.82) is 0 Å². The van der Waals surface area contributed by atoms with Gasteiger partial charge in [0.1, 0.15) is 17.8 Å². The molecule has 0 aliphatic carbocycles. The van der Waals surface area contributed by atoms with Gasteiger partial charge >= 0.3 is 0 Å². The maximum absolute atomic E-state index is 6.22. The second-order valence-corrected chi connectivity index (χ2v) is 7.11. The highest BCUT2D eigenvalue weighted by atomic mass is 35.5. The first kappa shape index (κ1) is 18.6. The van der Waals surface area contributed by atoms with Crippen molar-refractivity contribution in [2.45, 2.75) is 18.5 Å². The molecule has 0 N–H and O–H groups in total. The third-order valence-electron chi connectivity index (χ3n) is 3.80. The fourth-order valence-corrected chi connectivity index (χ4v) is 3.33. The zero-order chi connectivity index (χ0) is 18.4. The van der Waals surface area contributed by atoms with Crippen molar-refractivity contribution in [2.75, 3.05) is 19.5 Å². The minimum Gasteiger partial charge on any atom is -0.497 e. The Labute approximate surface area is 162 Å². The molecule has 0 bridgehead atoms. The van der Waals surface area contributed by atoms with E-state index in [1.54, 1.807) is 25.2 Å². The third kappa shape index (κ3) is 4.71. The van der Waals surface area contributed by atoms with Crippen molar-refractivity contribution in [2.24, 2.45) is 0 Å². The van der Waals surface area contributed by atoms with Crippen LogP contribution in [0.2, 0.25) is 5.02 Å². The summed E-state index contributed by atoms with van der Waals surface area (Å²) < 4.78 is 12.8. The van der Waals surface area contributed by atoms with Crippen LogP contribution in [0.5, 0.6) is 11.5 Å². The lowest BCUT2D eigenvalue weighted by molar-refractivity contribution is 0.318. The first-order valence-electron chi connectivity index (χ1n) is 8.23. The Bertz CT molecular complexity index is 852. The van der Waals surface area contributed by atoms with Gasteiger partial charge < -0.3 is 9.47 Å². The van der Waals surface area contributed by atoms with E-state index in [0.717, 1.165) is 45.1 Å². The zero-order valence-electron chi connectivity index (χ0n) is 14.7. The number of methoxy groups -OCH3 is 1. The van der Waals surface area contributed by atoms with E-state index in [1.807, 2.05) is 54.0 Å². The van der Waals surface area contributed by atoms with Gasteiger partial charge in [0.05, 0.1) is 19.4 Å². The lowest BCUT2D eigenvalue weighted by atomic mass is 10.2. The smallest absolute Gasteiger partial charge is 0.195 e. The fraction of sp³-hybridized carbons (Fsp3) is 0.263. The van der Waals surface area contributed by atoms with Gasteiger partial charge in [0.25, 0.3) is 0 Å². The molecule has 3 rings (SSSR count). The van der Waals surface area contributed by atoms with Crippen molar-refractivity contribution < 1.29 is 9.47 Å². The highest BCUT2D eigenvalue weighted by molar-refractivity contribution is 7.99. The molecule has 0 unspecified atom stereocenters. The average molecular weight is 390 g/mol. The quantitative estimate of drug-likeness (QED) is 0.409. The van der Waals surface area contributed by atoms with Crippen LogP contribution in [0.4, 0.5) is 0 Å². The normalized spacial score (nSPS) is 10.7. The molecular weight excluding hydrogens is 370 g/mol. The summed E-state index contributed by atoms with van der Waals surface area (Å²) in [4.78, 5) is 0. The van der Waals surface area contributed by atoms with Gasteiger partial charge in [0.15, 0.2) is 5.16 Å². The summed E-state index contributed by atoms with van der Waals surface area (Å²) in [6, 6.07) is 13.5. The molecule has 0 fully saturated rings. The molecular formula is C19H20ClN3O2S. The molecule has 0 radical (unpaired) electrons. The van der Waals surface area contributed by atoms with E-state index < -0.39 is 0 Å². The van der Waals surface area contributed by atoms with Crippen LogP contribution in [0.15, 0.2) is 53.9 Å². The molecule has 0 saturated carbocycles. The molecule has 0 saturated heterocycles. The Kier molecular flexibility index (Phi) is 6.41. The summed E-state index contributed by atoms with van der Waals surface area (Å²) >= 11 is 7.87. The van der Waals surface area contributed by atoms with Crippen molar-refractivity contribution in [3.05, 3.63) is 59.4 Å². The molecule has 136 valence electrons. The topological polar surface area (TPSA) is 49.2 Å². The maximum atomic E-state index is 6.22. The number of hydrogen-bond acceptors (Lipinski definition) is 5. The van der Waals surface area contributed by atoms with E-state index in [0.29, 0.717) is 6.61 Å². The van der Waals surface area contributed by atoms with Crippen LogP contribution >= 0.6 is 23.4 Å². The highest BCUT2D eigenvalue weighted by Gasteiger charge is 2.08. The number of rotatable bonds is 8. The maximum Gasteiger partial charge on any atom is 0.195 e. The standard InChI is InChI=1S/C19H20ClN3O2S/c1-14-4-5-15(12-18(14)20)23-13-21-22-19(23)26-11-3-10-25-17-8-6-16(24-2)7-9-17/h4-9,12-13H,3,10-11H2,1-2H3. The van der Waals surface area contributed by atoms with Crippen molar-refractivity contribution >= 4 is 23.4 Å². The molecule has 0 aliphatic heterocycles. The van der Waals surface area contributed by atoms with E-state index in [2.05, 4.69) is 10.2 Å². The number of hydrogen-bond donors (Lipinski definition) is 0. The minimum atomic E-state index is 0.643. The Morgan fingerprint density at radius 3 is 2.62 bits per heavy atom. The highest BCUT2D eigenvalue weighted by Crippen LogP contribution is 2.24. The van der Waals surface area contributed by atoms with Crippen molar-refractivity contribution in [3.8, 4) is 17.2 Å². The Hall–Kier alpha value is -2.18. The van der Waals surface area contributed by atoms with Gasteiger partial charge in [-0.3, -0.25) is 4.57 Å². The number of ether oxygens (including phenoxy) is 2. The molecule has 2 aromatic carbocycles. The predicted octanol–water partition coefficient (Wildman–Crippen LogP) is 4.80. The summed E-state index contributed by atoms with van der Waals surface area (Å²) in [6.45, 7) is 2.63. The van der Waals surface area contributed by atoms with Crippen molar-refractivity contribution in [3.63, 3.8) is 0 Å². The summed E-state index contributed by atoms with van der Waals surface area (Å²) in [5.74, 6) is 2.55. The fourth-order valence-electron chi connectivity index (χ4n) is 2.32. The van der Waals surface area contributed by atoms with Crippen LogP contribution in [-0.4, -0.2) is 34.2 Å². The lowest BCUT2D eigenvalue weighted by Gasteiger charge is -2.09. The number of benzene rings is 2. The van der Waals surface area contributed by atoms with Gasteiger partial charge in [-0.25, -0.2) is 0 Å². The largest absolute Gasteiger partial charge is 0.497 e. The van der Waals surface area contributed by atoms with Crippen LogP contribution in [0, 0.1) is 6.92 Å². The number of halogens is 1. The molecule has 7 heteroatoms. The predicted molar refractivity (Wildman–Crippen MR) is 105 cm³/mol. The van der Waals surface area contributed by atoms with E-state index in [4.69, 9.17) is 21.1 Å². The molecule has 0 spiro atoms. The number of thioether (sulfide) groups is 1. The molecule has 0 atom stereocenters. The lowest BCUT2D eigenvalue weighted by Crippen LogP contribution is -2.00. The van der Waals surface area contributed by atoms with E-state index in [1.165, 1.54) is 0 Å². The average Bonchev–Trinajstić information content (AvgIpc) is 3.13. The van der Waals surface area contributed by atoms with E-state index in [9.17, 15) is 0 Å². The van der Waals surface area contributed by atoms with Gasteiger partial charge in [-0.15, -0.1) is 10.2 Å². The number of aryl methyl sites for hydroxylation is 1. The Morgan fingerprint density at radius 2 is 1.88 bits per heavy atom. The number of aromatic nitrogens is 3. The SMILES string of the molecule is COc1ccc(OCCCSc2nncn2-c2ccc(C)c(Cl)c2)cc1. The molecule has 1 aromatic heterocycles. The second-order valence-electron chi connectivity index (χ2n) is 5.64.